The Morgan fingerprint density at radius 1 is 1.22 bits per heavy atom. The van der Waals surface area contributed by atoms with E-state index < -0.39 is 5.91 Å². The van der Waals surface area contributed by atoms with Crippen molar-refractivity contribution in [3.05, 3.63) is 29.4 Å². The molecule has 2 rings (SSSR count). The third-order valence-electron chi connectivity index (χ3n) is 2.20. The number of carbonyl (C=O) groups excluding carboxylic acids is 2. The summed E-state index contributed by atoms with van der Waals surface area (Å²) < 4.78 is 0. The summed E-state index contributed by atoms with van der Waals surface area (Å²) in [6, 6.07) is 7.17. The predicted octanol–water partition coefficient (Wildman–Crippen LogP) is 2.20. The number of nitrogens with zero attached hydrogens (tertiary/aromatic N) is 2. The number of benzene rings is 1. The number of para-hydroxylation sites is 2. The molecule has 1 aromatic heterocycles. The second kappa shape index (κ2) is 5.10. The van der Waals surface area contributed by atoms with Crippen molar-refractivity contribution in [2.75, 3.05) is 5.32 Å². The molecule has 0 bridgehead atoms. The van der Waals surface area contributed by atoms with Crippen LogP contribution in [-0.2, 0) is 9.59 Å². The number of ketones is 1. The Morgan fingerprint density at radius 3 is 2.44 bits per heavy atom. The molecule has 1 N–H and O–H groups in total. The van der Waals surface area contributed by atoms with Crippen LogP contribution in [0.1, 0.15) is 13.3 Å². The summed E-state index contributed by atoms with van der Waals surface area (Å²) in [6.07, 6.45) is -0.204. The first-order valence-corrected chi connectivity index (χ1v) is 5.65. The van der Waals surface area contributed by atoms with Gasteiger partial charge in [0.1, 0.15) is 5.78 Å². The van der Waals surface area contributed by atoms with E-state index in [4.69, 9.17) is 11.6 Å². The fourth-order valence-corrected chi connectivity index (χ4v) is 1.64. The Morgan fingerprint density at radius 2 is 1.83 bits per heavy atom. The van der Waals surface area contributed by atoms with E-state index in [1.807, 2.05) is 12.1 Å². The number of Topliss-reactive ketones (excluding diaryl/α,β-unsaturated/α-hetero) is 1. The molecule has 0 saturated heterocycles. The van der Waals surface area contributed by atoms with Gasteiger partial charge in [0, 0.05) is 0 Å². The van der Waals surface area contributed by atoms with Gasteiger partial charge in [0.25, 0.3) is 0 Å². The van der Waals surface area contributed by atoms with Crippen LogP contribution < -0.4 is 5.32 Å². The Hall–Kier alpha value is -2.01. The van der Waals surface area contributed by atoms with E-state index in [0.29, 0.717) is 11.0 Å². The highest BCUT2D eigenvalue weighted by atomic mass is 35.5. The van der Waals surface area contributed by atoms with Gasteiger partial charge in [0.05, 0.1) is 17.5 Å². The smallest absolute Gasteiger partial charge is 0.233 e. The van der Waals surface area contributed by atoms with Gasteiger partial charge in [-0.05, 0) is 19.1 Å². The summed E-state index contributed by atoms with van der Waals surface area (Å²) in [5, 5.41) is 2.57. The van der Waals surface area contributed by atoms with Crippen LogP contribution in [0.25, 0.3) is 11.0 Å². The van der Waals surface area contributed by atoms with Crippen LogP contribution in [0.5, 0.6) is 0 Å². The first-order valence-electron chi connectivity index (χ1n) is 5.28. The lowest BCUT2D eigenvalue weighted by Gasteiger charge is -2.06. The maximum absolute atomic E-state index is 11.5. The lowest BCUT2D eigenvalue weighted by molar-refractivity contribution is -0.124. The van der Waals surface area contributed by atoms with E-state index in [2.05, 4.69) is 15.3 Å². The average molecular weight is 264 g/mol. The minimum Gasteiger partial charge on any atom is -0.308 e. The molecule has 92 valence electrons. The van der Waals surface area contributed by atoms with Gasteiger partial charge in [-0.2, -0.15) is 0 Å². The zero-order chi connectivity index (χ0) is 13.1. The largest absolute Gasteiger partial charge is 0.308 e. The van der Waals surface area contributed by atoms with E-state index in [1.54, 1.807) is 12.1 Å². The van der Waals surface area contributed by atoms with Gasteiger partial charge in [-0.15, -0.1) is 0 Å². The van der Waals surface area contributed by atoms with Crippen LogP contribution in [0.15, 0.2) is 24.3 Å². The quantitative estimate of drug-likeness (QED) is 0.862. The molecule has 0 aliphatic heterocycles. The van der Waals surface area contributed by atoms with Gasteiger partial charge in [-0.3, -0.25) is 9.59 Å². The Kier molecular flexibility index (Phi) is 3.53. The van der Waals surface area contributed by atoms with Crippen LogP contribution in [0.4, 0.5) is 5.82 Å². The van der Waals surface area contributed by atoms with Crippen molar-refractivity contribution in [1.82, 2.24) is 9.97 Å². The standard InChI is InChI=1S/C12H10ClN3O2/c1-7(17)6-10(18)16-12-11(13)14-8-4-2-3-5-9(8)15-12/h2-5H,6H2,1H3,(H,15,16,18). The monoisotopic (exact) mass is 263 g/mol. The summed E-state index contributed by atoms with van der Waals surface area (Å²) in [5.74, 6) is -0.507. The van der Waals surface area contributed by atoms with Crippen molar-refractivity contribution >= 4 is 40.1 Å². The zero-order valence-corrected chi connectivity index (χ0v) is 10.4. The molecule has 0 spiro atoms. The molecule has 1 aromatic carbocycles. The van der Waals surface area contributed by atoms with Crippen LogP contribution in [0, 0.1) is 0 Å². The Labute approximate surface area is 108 Å². The van der Waals surface area contributed by atoms with Crippen molar-refractivity contribution in [3.8, 4) is 0 Å². The summed E-state index contributed by atoms with van der Waals surface area (Å²) in [5.41, 5.74) is 1.27. The topological polar surface area (TPSA) is 72.0 Å². The minimum absolute atomic E-state index is 0.102. The number of carbonyl (C=O) groups is 2. The fraction of sp³-hybridized carbons (Fsp3) is 0.167. The number of hydrogen-bond donors (Lipinski definition) is 1. The van der Waals surface area contributed by atoms with Gasteiger partial charge < -0.3 is 5.32 Å². The zero-order valence-electron chi connectivity index (χ0n) is 9.61. The highest BCUT2D eigenvalue weighted by molar-refractivity contribution is 6.32. The molecular formula is C12H10ClN3O2. The summed E-state index contributed by atoms with van der Waals surface area (Å²) in [4.78, 5) is 30.6. The van der Waals surface area contributed by atoms with Gasteiger partial charge in [0.2, 0.25) is 5.91 Å². The molecule has 0 saturated carbocycles. The van der Waals surface area contributed by atoms with Crippen LogP contribution in [0.2, 0.25) is 5.15 Å². The predicted molar refractivity (Wildman–Crippen MR) is 68.5 cm³/mol. The number of nitrogens with one attached hydrogen (secondary N) is 1. The molecule has 6 heteroatoms. The highest BCUT2D eigenvalue weighted by Gasteiger charge is 2.11. The third kappa shape index (κ3) is 2.81. The van der Waals surface area contributed by atoms with Crippen molar-refractivity contribution in [1.29, 1.82) is 0 Å². The summed E-state index contributed by atoms with van der Waals surface area (Å²) in [6.45, 7) is 1.34. The fourth-order valence-electron chi connectivity index (χ4n) is 1.46. The van der Waals surface area contributed by atoms with Crippen molar-refractivity contribution in [2.24, 2.45) is 0 Å². The summed E-state index contributed by atoms with van der Waals surface area (Å²) in [7, 11) is 0. The SMILES string of the molecule is CC(=O)CC(=O)Nc1nc2ccccc2nc1Cl. The first-order chi connectivity index (χ1) is 8.56. The molecule has 5 nitrogen and oxygen atoms in total. The number of hydrogen-bond acceptors (Lipinski definition) is 4. The van der Waals surface area contributed by atoms with E-state index in [0.717, 1.165) is 0 Å². The highest BCUT2D eigenvalue weighted by Crippen LogP contribution is 2.20. The molecule has 0 aliphatic rings. The van der Waals surface area contributed by atoms with Gasteiger partial charge in [-0.25, -0.2) is 9.97 Å². The van der Waals surface area contributed by atoms with Crippen molar-refractivity contribution in [3.63, 3.8) is 0 Å². The molecule has 0 radical (unpaired) electrons. The molecule has 0 unspecified atom stereocenters. The second-order valence-corrected chi connectivity index (χ2v) is 4.14. The Balaban J connectivity index is 2.30. The maximum Gasteiger partial charge on any atom is 0.233 e. The number of anilines is 1. The molecule has 0 atom stereocenters. The minimum atomic E-state index is -0.450. The number of halogens is 1. The molecule has 18 heavy (non-hydrogen) atoms. The Bertz CT molecular complexity index is 628. The lowest BCUT2D eigenvalue weighted by atomic mass is 10.3. The number of amides is 1. The third-order valence-corrected chi connectivity index (χ3v) is 2.46. The van der Waals surface area contributed by atoms with E-state index >= 15 is 0 Å². The van der Waals surface area contributed by atoms with E-state index in [9.17, 15) is 9.59 Å². The number of rotatable bonds is 3. The van der Waals surface area contributed by atoms with Crippen molar-refractivity contribution in [2.45, 2.75) is 13.3 Å². The molecule has 2 aromatic rings. The molecule has 0 aliphatic carbocycles. The summed E-state index contributed by atoms with van der Waals surface area (Å²) >= 11 is 5.91. The number of fused-ring (bicyclic) bond motifs is 1. The van der Waals surface area contributed by atoms with Gasteiger partial charge in [0.15, 0.2) is 11.0 Å². The van der Waals surface area contributed by atoms with E-state index in [-0.39, 0.29) is 23.2 Å². The average Bonchev–Trinajstić information content (AvgIpc) is 2.29. The van der Waals surface area contributed by atoms with E-state index in [1.165, 1.54) is 6.92 Å². The van der Waals surface area contributed by atoms with Gasteiger partial charge in [-0.1, -0.05) is 23.7 Å². The lowest BCUT2D eigenvalue weighted by Crippen LogP contribution is -2.16. The van der Waals surface area contributed by atoms with Crippen LogP contribution >= 0.6 is 11.6 Å². The molecule has 1 amide bonds. The molecular weight excluding hydrogens is 254 g/mol. The maximum atomic E-state index is 11.5. The van der Waals surface area contributed by atoms with Crippen LogP contribution in [0.3, 0.4) is 0 Å². The number of aromatic nitrogens is 2. The molecule has 0 fully saturated rings. The first kappa shape index (κ1) is 12.4. The van der Waals surface area contributed by atoms with Crippen molar-refractivity contribution < 1.29 is 9.59 Å². The van der Waals surface area contributed by atoms with Gasteiger partial charge >= 0.3 is 0 Å². The normalized spacial score (nSPS) is 10.3. The van der Waals surface area contributed by atoms with Crippen LogP contribution in [-0.4, -0.2) is 21.7 Å². The second-order valence-electron chi connectivity index (χ2n) is 3.78. The molecule has 1 heterocycles.